The van der Waals surface area contributed by atoms with Crippen molar-refractivity contribution in [3.8, 4) is 22.3 Å². The number of anilines is 6. The van der Waals surface area contributed by atoms with E-state index in [0.29, 0.717) is 11.8 Å². The molecule has 0 radical (unpaired) electrons. The second-order valence-electron chi connectivity index (χ2n) is 24.8. The lowest BCUT2D eigenvalue weighted by atomic mass is 9.82. The summed E-state index contributed by atoms with van der Waals surface area (Å²) in [4.78, 5) is 5.15. The van der Waals surface area contributed by atoms with Crippen LogP contribution < -0.4 is 9.80 Å². The maximum Gasteiger partial charge on any atom is 0.159 e. The van der Waals surface area contributed by atoms with E-state index in [0.717, 1.165) is 77.8 Å². The Balaban J connectivity index is 1.01. The third-order valence-corrected chi connectivity index (χ3v) is 19.5. The molecular formula is C80H68N2O2. The summed E-state index contributed by atoms with van der Waals surface area (Å²) in [5.74, 6) is 0.868. The number of rotatable bonds is 10. The summed E-state index contributed by atoms with van der Waals surface area (Å²) in [6, 6.07) is 73.4. The molecule has 2 fully saturated rings. The van der Waals surface area contributed by atoms with Crippen LogP contribution in [0.3, 0.4) is 0 Å². The topological polar surface area (TPSA) is 32.8 Å². The summed E-state index contributed by atoms with van der Waals surface area (Å²) in [5, 5.41) is 12.4. The van der Waals surface area contributed by atoms with Gasteiger partial charge in [0.15, 0.2) is 11.2 Å². The molecule has 2 aliphatic carbocycles. The standard InChI is InChI=1S/C80H68N2O2/c1-47-35-41-69(51(5)43-47)81(71-33-17-31-63-61-29-15-27-59(77(61)83-79(63)71)55-25-13-7-19-49(55)3)73-45-67(53-21-9-10-22-53)57-38-40-66-74(46-68(54-23-11-12-24-54)58-37-39-65(73)75(57)76(58)66)82(70-42-36-48(2)44-52(70)6)72-34-18-32-64-62-30-16-28-60(78(62)84-80(64)72)56-26-14-8-20-50(56)4/h7-8,13-20,25-46,53-54H,9-12,21-24H2,1-6H3. The minimum Gasteiger partial charge on any atom is -0.453 e. The highest BCUT2D eigenvalue weighted by Crippen LogP contribution is 2.56. The van der Waals surface area contributed by atoms with Crippen molar-refractivity contribution in [3.05, 3.63) is 239 Å². The van der Waals surface area contributed by atoms with E-state index >= 15 is 0 Å². The van der Waals surface area contributed by atoms with Crippen molar-refractivity contribution >= 4 is 110 Å². The zero-order chi connectivity index (χ0) is 56.5. The van der Waals surface area contributed by atoms with Gasteiger partial charge in [-0.25, -0.2) is 0 Å². The lowest BCUT2D eigenvalue weighted by Gasteiger charge is -2.33. The number of fused-ring (bicyclic) bond motifs is 6. The number of nitrogens with zero attached hydrogens (tertiary/aromatic N) is 2. The quantitative estimate of drug-likeness (QED) is 0.128. The van der Waals surface area contributed by atoms with Crippen LogP contribution in [0.25, 0.3) is 98.4 Å². The highest BCUT2D eigenvalue weighted by Gasteiger charge is 2.32. The van der Waals surface area contributed by atoms with Crippen LogP contribution in [0.5, 0.6) is 0 Å². The largest absolute Gasteiger partial charge is 0.453 e. The van der Waals surface area contributed by atoms with E-state index < -0.39 is 0 Å². The highest BCUT2D eigenvalue weighted by molar-refractivity contribution is 6.30. The summed E-state index contributed by atoms with van der Waals surface area (Å²) in [5.41, 5.74) is 25.3. The second kappa shape index (κ2) is 19.8. The summed E-state index contributed by atoms with van der Waals surface area (Å²) >= 11 is 0. The van der Waals surface area contributed by atoms with Gasteiger partial charge in [-0.05, 0) is 182 Å². The summed E-state index contributed by atoms with van der Waals surface area (Å²) in [7, 11) is 0. The van der Waals surface area contributed by atoms with Crippen LogP contribution in [0, 0.1) is 41.5 Å². The molecule has 410 valence electrons. The van der Waals surface area contributed by atoms with Crippen LogP contribution in [0.2, 0.25) is 0 Å². The molecule has 2 aromatic heterocycles. The van der Waals surface area contributed by atoms with Crippen molar-refractivity contribution in [2.45, 2.75) is 105 Å². The average Bonchev–Trinajstić information content (AvgIpc) is 2.68. The molecule has 14 aromatic rings. The van der Waals surface area contributed by atoms with E-state index in [-0.39, 0.29) is 0 Å². The summed E-state index contributed by atoms with van der Waals surface area (Å²) < 4.78 is 14.8. The number of aryl methyl sites for hydroxylation is 6. The smallest absolute Gasteiger partial charge is 0.159 e. The minimum absolute atomic E-state index is 0.434. The Bertz CT molecular complexity index is 4650. The van der Waals surface area contributed by atoms with E-state index in [1.807, 2.05) is 0 Å². The number of furan rings is 2. The molecule has 0 atom stereocenters. The van der Waals surface area contributed by atoms with Crippen molar-refractivity contribution < 1.29 is 8.83 Å². The van der Waals surface area contributed by atoms with Gasteiger partial charge in [-0.3, -0.25) is 0 Å². The first kappa shape index (κ1) is 50.6. The molecule has 12 aromatic carbocycles. The number of para-hydroxylation sites is 4. The number of hydrogen-bond acceptors (Lipinski definition) is 4. The van der Waals surface area contributed by atoms with Gasteiger partial charge in [-0.2, -0.15) is 0 Å². The normalized spacial score (nSPS) is 14.3. The van der Waals surface area contributed by atoms with Crippen LogP contribution in [-0.4, -0.2) is 0 Å². The Kier molecular flexibility index (Phi) is 11.9. The third-order valence-electron chi connectivity index (χ3n) is 19.5. The Morgan fingerprint density at radius 3 is 1.06 bits per heavy atom. The molecule has 0 amide bonds. The third kappa shape index (κ3) is 7.86. The number of hydrogen-bond donors (Lipinski definition) is 0. The van der Waals surface area contributed by atoms with E-state index in [9.17, 15) is 0 Å². The predicted octanol–water partition coefficient (Wildman–Crippen LogP) is 23.8. The first-order chi connectivity index (χ1) is 41.2. The van der Waals surface area contributed by atoms with Crippen LogP contribution >= 0.6 is 0 Å². The molecule has 2 saturated carbocycles. The first-order valence-electron chi connectivity index (χ1n) is 30.7. The van der Waals surface area contributed by atoms with Crippen molar-refractivity contribution in [3.63, 3.8) is 0 Å². The molecule has 2 heterocycles. The van der Waals surface area contributed by atoms with Gasteiger partial charge < -0.3 is 18.6 Å². The molecule has 4 nitrogen and oxygen atoms in total. The monoisotopic (exact) mass is 1090 g/mol. The number of benzene rings is 12. The fraction of sp³-hybridized carbons (Fsp3) is 0.200. The van der Waals surface area contributed by atoms with Crippen LogP contribution in [0.15, 0.2) is 203 Å². The van der Waals surface area contributed by atoms with Gasteiger partial charge in [0.05, 0.1) is 22.7 Å². The SMILES string of the molecule is Cc1ccc(N(c2cc(C3CCCC3)c3ccc4c(N(c5ccc(C)cc5C)c5cccc6c5oc5c(-c7ccccc7C)cccc56)cc(C5CCCC5)c5ccc2c3c54)c2cccc3c2oc2c(-c4ccccc4C)cccc23)c(C)c1. The molecule has 84 heavy (non-hydrogen) atoms. The minimum atomic E-state index is 0.434. The van der Waals surface area contributed by atoms with E-state index in [1.165, 1.54) is 151 Å². The fourth-order valence-electron chi connectivity index (χ4n) is 15.6. The molecule has 4 heteroatoms. The van der Waals surface area contributed by atoms with E-state index in [1.54, 1.807) is 0 Å². The maximum atomic E-state index is 7.41. The molecule has 0 unspecified atom stereocenters. The van der Waals surface area contributed by atoms with Crippen LogP contribution in [0.1, 0.15) is 108 Å². The molecular weight excluding hydrogens is 1020 g/mol. The molecule has 2 aliphatic rings. The zero-order valence-corrected chi connectivity index (χ0v) is 49.0. The van der Waals surface area contributed by atoms with Gasteiger partial charge in [0.1, 0.15) is 11.2 Å². The average molecular weight is 1090 g/mol. The lowest BCUT2D eigenvalue weighted by molar-refractivity contribution is 0.669. The molecule has 16 rings (SSSR count). The summed E-state index contributed by atoms with van der Waals surface area (Å²) in [6.45, 7) is 13.4. The van der Waals surface area contributed by atoms with Gasteiger partial charge in [-0.15, -0.1) is 0 Å². The van der Waals surface area contributed by atoms with Gasteiger partial charge in [0.25, 0.3) is 0 Å². The predicted molar refractivity (Wildman–Crippen MR) is 356 cm³/mol. The van der Waals surface area contributed by atoms with Crippen LogP contribution in [-0.2, 0) is 0 Å². The Morgan fingerprint density at radius 2 is 0.655 bits per heavy atom. The molecule has 0 bridgehead atoms. The Labute approximate surface area is 491 Å². The maximum absolute atomic E-state index is 7.41. The zero-order valence-electron chi connectivity index (χ0n) is 49.0. The molecule has 0 N–H and O–H groups in total. The molecule has 0 saturated heterocycles. The highest BCUT2D eigenvalue weighted by atomic mass is 16.3. The molecule has 0 aliphatic heterocycles. The van der Waals surface area contributed by atoms with Gasteiger partial charge >= 0.3 is 0 Å². The Morgan fingerprint density at radius 1 is 0.286 bits per heavy atom. The lowest BCUT2D eigenvalue weighted by Crippen LogP contribution is -2.15. The Hall–Kier alpha value is -9.12. The fourth-order valence-corrected chi connectivity index (χ4v) is 15.6. The van der Waals surface area contributed by atoms with Crippen molar-refractivity contribution in [1.82, 2.24) is 0 Å². The van der Waals surface area contributed by atoms with Gasteiger partial charge in [0, 0.05) is 54.8 Å². The van der Waals surface area contributed by atoms with Crippen LogP contribution in [0.4, 0.5) is 34.1 Å². The molecule has 0 spiro atoms. The van der Waals surface area contributed by atoms with Crippen molar-refractivity contribution in [2.24, 2.45) is 0 Å². The van der Waals surface area contributed by atoms with Crippen molar-refractivity contribution in [2.75, 3.05) is 9.80 Å². The van der Waals surface area contributed by atoms with Gasteiger partial charge in [0.2, 0.25) is 0 Å². The second-order valence-corrected chi connectivity index (χ2v) is 24.8. The summed E-state index contributed by atoms with van der Waals surface area (Å²) in [6.07, 6.45) is 9.69. The van der Waals surface area contributed by atoms with E-state index in [4.69, 9.17) is 8.83 Å². The van der Waals surface area contributed by atoms with E-state index in [2.05, 4.69) is 245 Å². The van der Waals surface area contributed by atoms with Crippen molar-refractivity contribution in [1.29, 1.82) is 0 Å². The first-order valence-corrected chi connectivity index (χ1v) is 30.7. The van der Waals surface area contributed by atoms with Gasteiger partial charge in [-0.1, -0.05) is 195 Å².